The fourth-order valence-corrected chi connectivity index (χ4v) is 0.987. The molecule has 0 saturated carbocycles. The van der Waals surface area contributed by atoms with Crippen LogP contribution in [-0.4, -0.2) is 28.7 Å². The van der Waals surface area contributed by atoms with Crippen molar-refractivity contribution in [3.05, 3.63) is 0 Å². The fraction of sp³-hybridized carbons (Fsp3) is 0.875. The van der Waals surface area contributed by atoms with Crippen LogP contribution in [0, 0.1) is 0 Å². The number of carboxylic acids is 1. The lowest BCUT2D eigenvalue weighted by atomic mass is 10.1. The second kappa shape index (κ2) is 6.23. The number of nitrogens with two attached hydrogens (primary N) is 2. The van der Waals surface area contributed by atoms with Crippen LogP contribution in [0.5, 0.6) is 0 Å². The molecular weight excluding hydrogens is 202 g/mol. The van der Waals surface area contributed by atoms with Gasteiger partial charge in [-0.15, -0.1) is 12.6 Å². The molecule has 0 heterocycles. The molecule has 0 bridgehead atoms. The molecule has 0 aromatic carbocycles. The number of aliphatic carboxylic acids is 1. The van der Waals surface area contributed by atoms with Gasteiger partial charge in [-0.1, -0.05) is 6.92 Å². The molecule has 84 valence electrons. The SMILES string of the molecule is CC[C@](N)(S)NCCC[C@H](N)C(=O)O. The Morgan fingerprint density at radius 3 is 2.71 bits per heavy atom. The van der Waals surface area contributed by atoms with Crippen LogP contribution in [0.3, 0.4) is 0 Å². The number of carboxylic acid groups (broad SMARTS) is 1. The Bertz CT molecular complexity index is 187. The van der Waals surface area contributed by atoms with Crippen LogP contribution in [-0.2, 0) is 4.79 Å². The highest BCUT2D eigenvalue weighted by atomic mass is 32.1. The molecule has 0 aliphatic heterocycles. The van der Waals surface area contributed by atoms with Crippen molar-refractivity contribution in [3.63, 3.8) is 0 Å². The predicted octanol–water partition coefficient (Wildman–Crippen LogP) is -0.280. The van der Waals surface area contributed by atoms with Crippen molar-refractivity contribution in [1.82, 2.24) is 5.32 Å². The standard InChI is InChI=1S/C8H19N3O2S/c1-2-8(10,14)11-5-3-4-6(9)7(12)13/h6,11,14H,2-5,9-10H2,1H3,(H,12,13)/t6-,8+/m0/s1. The van der Waals surface area contributed by atoms with Gasteiger partial charge in [0, 0.05) is 0 Å². The first kappa shape index (κ1) is 13.7. The summed E-state index contributed by atoms with van der Waals surface area (Å²) in [7, 11) is 0. The average Bonchev–Trinajstić information content (AvgIpc) is 2.12. The minimum absolute atomic E-state index is 0.440. The van der Waals surface area contributed by atoms with Gasteiger partial charge < -0.3 is 16.6 Å². The van der Waals surface area contributed by atoms with Gasteiger partial charge in [0.2, 0.25) is 0 Å². The van der Waals surface area contributed by atoms with Gasteiger partial charge >= 0.3 is 5.97 Å². The third kappa shape index (κ3) is 6.20. The van der Waals surface area contributed by atoms with Crippen molar-refractivity contribution in [1.29, 1.82) is 0 Å². The van der Waals surface area contributed by atoms with Crippen molar-refractivity contribution in [3.8, 4) is 0 Å². The van der Waals surface area contributed by atoms with Gasteiger partial charge in [-0.2, -0.15) is 0 Å². The number of hydrogen-bond donors (Lipinski definition) is 5. The van der Waals surface area contributed by atoms with Crippen molar-refractivity contribution >= 4 is 18.6 Å². The molecule has 0 radical (unpaired) electrons. The Morgan fingerprint density at radius 2 is 2.29 bits per heavy atom. The number of thiol groups is 1. The van der Waals surface area contributed by atoms with Crippen LogP contribution in [0.4, 0.5) is 0 Å². The second-order valence-electron chi connectivity index (χ2n) is 3.29. The van der Waals surface area contributed by atoms with Crippen LogP contribution < -0.4 is 16.8 Å². The molecule has 0 saturated heterocycles. The molecule has 14 heavy (non-hydrogen) atoms. The summed E-state index contributed by atoms with van der Waals surface area (Å²) in [6.07, 6.45) is 1.81. The number of hydrogen-bond acceptors (Lipinski definition) is 5. The molecule has 0 aromatic rings. The lowest BCUT2D eigenvalue weighted by Crippen LogP contribution is -2.48. The topological polar surface area (TPSA) is 101 Å². The zero-order valence-electron chi connectivity index (χ0n) is 8.36. The minimum Gasteiger partial charge on any atom is -0.480 e. The summed E-state index contributed by atoms with van der Waals surface area (Å²) >= 11 is 4.17. The summed E-state index contributed by atoms with van der Waals surface area (Å²) in [5.41, 5.74) is 11.0. The van der Waals surface area contributed by atoms with E-state index in [0.29, 0.717) is 25.8 Å². The zero-order valence-corrected chi connectivity index (χ0v) is 9.26. The molecule has 0 fully saturated rings. The first-order valence-corrected chi connectivity index (χ1v) is 5.08. The molecule has 0 rings (SSSR count). The molecule has 0 aromatic heterocycles. The lowest BCUT2D eigenvalue weighted by Gasteiger charge is -2.23. The van der Waals surface area contributed by atoms with E-state index in [9.17, 15) is 4.79 Å². The smallest absolute Gasteiger partial charge is 0.320 e. The number of rotatable bonds is 7. The summed E-state index contributed by atoms with van der Waals surface area (Å²) in [4.78, 5) is 9.69. The van der Waals surface area contributed by atoms with Crippen LogP contribution >= 0.6 is 12.6 Å². The summed E-state index contributed by atoms with van der Waals surface area (Å²) in [5, 5.41) is 11.5. The molecule has 0 amide bonds. The van der Waals surface area contributed by atoms with Gasteiger partial charge in [-0.3, -0.25) is 10.1 Å². The van der Waals surface area contributed by atoms with E-state index in [1.54, 1.807) is 0 Å². The van der Waals surface area contributed by atoms with Crippen molar-refractivity contribution < 1.29 is 9.90 Å². The van der Waals surface area contributed by atoms with Crippen LogP contribution in [0.2, 0.25) is 0 Å². The maximum absolute atomic E-state index is 10.4. The quantitative estimate of drug-likeness (QED) is 0.231. The Hall–Kier alpha value is -0.300. The average molecular weight is 221 g/mol. The van der Waals surface area contributed by atoms with Gasteiger partial charge in [0.1, 0.15) is 11.0 Å². The van der Waals surface area contributed by atoms with Crippen LogP contribution in [0.25, 0.3) is 0 Å². The van der Waals surface area contributed by atoms with E-state index in [4.69, 9.17) is 16.6 Å². The van der Waals surface area contributed by atoms with E-state index in [1.165, 1.54) is 0 Å². The van der Waals surface area contributed by atoms with Gasteiger partial charge in [0.25, 0.3) is 0 Å². The zero-order chi connectivity index (χ0) is 11.2. The molecule has 0 unspecified atom stereocenters. The van der Waals surface area contributed by atoms with Crippen LogP contribution in [0.15, 0.2) is 0 Å². The molecule has 5 nitrogen and oxygen atoms in total. The predicted molar refractivity (Wildman–Crippen MR) is 59.0 cm³/mol. The van der Waals surface area contributed by atoms with Gasteiger partial charge in [-0.05, 0) is 25.8 Å². The second-order valence-corrected chi connectivity index (χ2v) is 4.09. The van der Waals surface area contributed by atoms with E-state index in [0.717, 1.165) is 0 Å². The monoisotopic (exact) mass is 221 g/mol. The summed E-state index contributed by atoms with van der Waals surface area (Å²) in [5.74, 6) is -0.967. The minimum atomic E-state index is -0.967. The van der Waals surface area contributed by atoms with E-state index < -0.39 is 17.0 Å². The summed E-state index contributed by atoms with van der Waals surface area (Å²) < 4.78 is 0. The highest BCUT2D eigenvalue weighted by Crippen LogP contribution is 2.06. The number of nitrogens with one attached hydrogen (secondary N) is 1. The summed E-state index contributed by atoms with van der Waals surface area (Å²) in [6, 6.07) is -0.787. The maximum Gasteiger partial charge on any atom is 0.320 e. The molecule has 0 aliphatic rings. The highest BCUT2D eigenvalue weighted by molar-refractivity contribution is 7.81. The maximum atomic E-state index is 10.4. The molecule has 6 N–H and O–H groups in total. The Kier molecular flexibility index (Phi) is 6.10. The van der Waals surface area contributed by atoms with Gasteiger partial charge in [0.05, 0.1) is 0 Å². The Morgan fingerprint density at radius 1 is 1.71 bits per heavy atom. The largest absolute Gasteiger partial charge is 0.480 e. The first-order valence-electron chi connectivity index (χ1n) is 4.63. The molecule has 0 aliphatic carbocycles. The molecular formula is C8H19N3O2S. The van der Waals surface area contributed by atoms with Gasteiger partial charge in [-0.25, -0.2) is 0 Å². The van der Waals surface area contributed by atoms with E-state index >= 15 is 0 Å². The van der Waals surface area contributed by atoms with Crippen molar-refractivity contribution in [2.45, 2.75) is 37.2 Å². The van der Waals surface area contributed by atoms with Crippen molar-refractivity contribution in [2.75, 3.05) is 6.54 Å². The number of carbonyl (C=O) groups is 1. The van der Waals surface area contributed by atoms with E-state index in [-0.39, 0.29) is 0 Å². The molecule has 0 spiro atoms. The normalized spacial score (nSPS) is 17.4. The molecule has 2 atom stereocenters. The Balaban J connectivity index is 3.52. The fourth-order valence-electron chi connectivity index (χ4n) is 0.875. The third-order valence-corrected chi connectivity index (χ3v) is 2.45. The first-order chi connectivity index (χ1) is 6.39. The highest BCUT2D eigenvalue weighted by Gasteiger charge is 2.15. The third-order valence-electron chi connectivity index (χ3n) is 1.98. The summed E-state index contributed by atoms with van der Waals surface area (Å²) in [6.45, 7) is 2.54. The van der Waals surface area contributed by atoms with E-state index in [1.807, 2.05) is 6.92 Å². The van der Waals surface area contributed by atoms with Crippen LogP contribution in [0.1, 0.15) is 26.2 Å². The van der Waals surface area contributed by atoms with E-state index in [2.05, 4.69) is 17.9 Å². The van der Waals surface area contributed by atoms with Gasteiger partial charge in [0.15, 0.2) is 0 Å². The van der Waals surface area contributed by atoms with Crippen molar-refractivity contribution in [2.24, 2.45) is 11.5 Å². The molecule has 6 heteroatoms. The Labute approximate surface area is 89.6 Å². The lowest BCUT2D eigenvalue weighted by molar-refractivity contribution is -0.138.